The molecular weight excluding hydrogens is 244 g/mol. The molecule has 2 unspecified atom stereocenters. The van der Waals surface area contributed by atoms with Crippen LogP contribution >= 0.6 is 0 Å². The summed E-state index contributed by atoms with van der Waals surface area (Å²) in [6.07, 6.45) is 4.03. The van der Waals surface area contributed by atoms with Crippen LogP contribution in [0.5, 0.6) is 0 Å². The summed E-state index contributed by atoms with van der Waals surface area (Å²) in [6.45, 7) is 6.28. The highest BCUT2D eigenvalue weighted by molar-refractivity contribution is 5.78. The molecule has 0 aromatic rings. The lowest BCUT2D eigenvalue weighted by molar-refractivity contribution is -0.137. The molecule has 2 N–H and O–H groups in total. The number of hydrogen-bond acceptors (Lipinski definition) is 3. The van der Waals surface area contributed by atoms with E-state index in [1.807, 2.05) is 13.8 Å². The minimum atomic E-state index is -0.730. The van der Waals surface area contributed by atoms with Gasteiger partial charge >= 0.3 is 5.97 Å². The van der Waals surface area contributed by atoms with Crippen molar-refractivity contribution in [1.82, 2.24) is 10.2 Å². The zero-order chi connectivity index (χ0) is 14.3. The van der Waals surface area contributed by atoms with Crippen molar-refractivity contribution in [3.05, 3.63) is 0 Å². The van der Waals surface area contributed by atoms with Crippen molar-refractivity contribution in [3.63, 3.8) is 0 Å². The van der Waals surface area contributed by atoms with Gasteiger partial charge in [-0.15, -0.1) is 0 Å². The lowest BCUT2D eigenvalue weighted by Gasteiger charge is -2.32. The average Bonchev–Trinajstić information content (AvgIpc) is 2.36. The van der Waals surface area contributed by atoms with Crippen LogP contribution in [0.15, 0.2) is 0 Å². The maximum Gasteiger partial charge on any atom is 0.303 e. The molecule has 1 rings (SSSR count). The number of carbonyl (C=O) groups excluding carboxylic acids is 1. The summed E-state index contributed by atoms with van der Waals surface area (Å²) in [5.41, 5.74) is 0. The van der Waals surface area contributed by atoms with E-state index in [4.69, 9.17) is 5.11 Å². The summed E-state index contributed by atoms with van der Waals surface area (Å²) in [7, 11) is 0. The summed E-state index contributed by atoms with van der Waals surface area (Å²) >= 11 is 0. The molecule has 19 heavy (non-hydrogen) atoms. The molecule has 0 spiro atoms. The molecule has 0 radical (unpaired) electrons. The monoisotopic (exact) mass is 270 g/mol. The molecule has 2 atom stereocenters. The molecular formula is C14H26N2O3. The van der Waals surface area contributed by atoms with Crippen LogP contribution in [0.2, 0.25) is 0 Å². The Morgan fingerprint density at radius 2 is 2.21 bits per heavy atom. The maximum atomic E-state index is 11.8. The lowest BCUT2D eigenvalue weighted by atomic mass is 9.93. The van der Waals surface area contributed by atoms with E-state index in [0.29, 0.717) is 12.5 Å². The van der Waals surface area contributed by atoms with Gasteiger partial charge in [0.25, 0.3) is 0 Å². The number of nitrogens with one attached hydrogen (secondary N) is 1. The third-order valence-corrected chi connectivity index (χ3v) is 3.76. The first kappa shape index (κ1) is 16.0. The molecule has 0 aromatic heterocycles. The summed E-state index contributed by atoms with van der Waals surface area (Å²) in [4.78, 5) is 24.5. The number of carbonyl (C=O) groups is 2. The maximum absolute atomic E-state index is 11.8. The lowest BCUT2D eigenvalue weighted by Crippen LogP contribution is -2.44. The predicted octanol–water partition coefficient (Wildman–Crippen LogP) is 1.48. The number of carboxylic acid groups (broad SMARTS) is 1. The minimum absolute atomic E-state index is 0.0771. The number of likely N-dealkylation sites (tertiary alicyclic amines) is 1. The van der Waals surface area contributed by atoms with Crippen molar-refractivity contribution in [1.29, 1.82) is 0 Å². The van der Waals surface area contributed by atoms with Crippen LogP contribution in [0, 0.1) is 5.92 Å². The van der Waals surface area contributed by atoms with E-state index in [9.17, 15) is 9.59 Å². The Labute approximate surface area is 115 Å². The van der Waals surface area contributed by atoms with Crippen molar-refractivity contribution in [2.24, 2.45) is 5.92 Å². The van der Waals surface area contributed by atoms with Crippen LogP contribution in [0.1, 0.15) is 46.0 Å². The van der Waals surface area contributed by atoms with E-state index in [1.54, 1.807) is 0 Å². The van der Waals surface area contributed by atoms with E-state index < -0.39 is 5.97 Å². The van der Waals surface area contributed by atoms with Gasteiger partial charge in [-0.2, -0.15) is 0 Å². The molecule has 5 heteroatoms. The highest BCUT2D eigenvalue weighted by Gasteiger charge is 2.22. The number of piperidine rings is 1. The smallest absolute Gasteiger partial charge is 0.303 e. The summed E-state index contributed by atoms with van der Waals surface area (Å²) in [5, 5.41) is 11.7. The zero-order valence-corrected chi connectivity index (χ0v) is 12.0. The first-order valence-electron chi connectivity index (χ1n) is 7.24. The number of nitrogens with zero attached hydrogens (tertiary/aromatic N) is 1. The topological polar surface area (TPSA) is 69.6 Å². The number of rotatable bonds is 7. The number of aliphatic carboxylic acids is 1. The van der Waals surface area contributed by atoms with Gasteiger partial charge in [-0.1, -0.05) is 6.92 Å². The molecule has 1 aliphatic heterocycles. The Bertz CT molecular complexity index is 307. The third-order valence-electron chi connectivity index (χ3n) is 3.76. The van der Waals surface area contributed by atoms with Gasteiger partial charge in [-0.3, -0.25) is 14.5 Å². The molecule has 5 nitrogen and oxygen atoms in total. The van der Waals surface area contributed by atoms with Crippen molar-refractivity contribution < 1.29 is 14.7 Å². The Kier molecular flexibility index (Phi) is 6.84. The van der Waals surface area contributed by atoms with Crippen molar-refractivity contribution >= 4 is 11.9 Å². The van der Waals surface area contributed by atoms with Crippen molar-refractivity contribution in [3.8, 4) is 0 Å². The van der Waals surface area contributed by atoms with Crippen LogP contribution in [-0.2, 0) is 9.59 Å². The highest BCUT2D eigenvalue weighted by Crippen LogP contribution is 2.20. The molecule has 1 heterocycles. The SMILES string of the molecule is CCC(C)NC(=O)CN1CCCC(CCC(=O)O)C1. The van der Waals surface area contributed by atoms with Crippen LogP contribution in [0.4, 0.5) is 0 Å². The van der Waals surface area contributed by atoms with Crippen molar-refractivity contribution in [2.75, 3.05) is 19.6 Å². The zero-order valence-electron chi connectivity index (χ0n) is 12.0. The predicted molar refractivity (Wildman–Crippen MR) is 73.9 cm³/mol. The molecule has 1 saturated heterocycles. The van der Waals surface area contributed by atoms with Gasteiger partial charge in [0.1, 0.15) is 0 Å². The van der Waals surface area contributed by atoms with E-state index in [0.717, 1.165) is 38.8 Å². The Morgan fingerprint density at radius 1 is 1.47 bits per heavy atom. The second-order valence-corrected chi connectivity index (χ2v) is 5.55. The molecule has 0 bridgehead atoms. The quantitative estimate of drug-likeness (QED) is 0.735. The number of carboxylic acids is 1. The molecule has 110 valence electrons. The van der Waals surface area contributed by atoms with Crippen LogP contribution in [0.25, 0.3) is 0 Å². The fourth-order valence-corrected chi connectivity index (χ4v) is 2.48. The van der Waals surface area contributed by atoms with Crippen molar-refractivity contribution in [2.45, 2.75) is 52.0 Å². The van der Waals surface area contributed by atoms with Gasteiger partial charge in [-0.05, 0) is 45.1 Å². The highest BCUT2D eigenvalue weighted by atomic mass is 16.4. The molecule has 1 amide bonds. The Morgan fingerprint density at radius 3 is 2.84 bits per heavy atom. The van der Waals surface area contributed by atoms with Crippen LogP contribution < -0.4 is 5.32 Å². The summed E-state index contributed by atoms with van der Waals surface area (Å²) in [6, 6.07) is 0.222. The second-order valence-electron chi connectivity index (χ2n) is 5.55. The third kappa shape index (κ3) is 6.57. The largest absolute Gasteiger partial charge is 0.481 e. The Balaban J connectivity index is 2.30. The molecule has 1 aliphatic rings. The van der Waals surface area contributed by atoms with Gasteiger partial charge in [0, 0.05) is 19.0 Å². The summed E-state index contributed by atoms with van der Waals surface area (Å²) in [5.74, 6) is -0.235. The Hall–Kier alpha value is -1.10. The number of hydrogen-bond donors (Lipinski definition) is 2. The fourth-order valence-electron chi connectivity index (χ4n) is 2.48. The average molecular weight is 270 g/mol. The number of amides is 1. The standard InChI is InChI=1S/C14H26N2O3/c1-3-11(2)15-13(17)10-16-8-4-5-12(9-16)6-7-14(18)19/h11-12H,3-10H2,1-2H3,(H,15,17)(H,18,19). The van der Waals surface area contributed by atoms with Gasteiger partial charge in [0.05, 0.1) is 6.54 Å². The molecule has 0 aromatic carbocycles. The van der Waals surface area contributed by atoms with E-state index in [-0.39, 0.29) is 18.4 Å². The summed E-state index contributed by atoms with van der Waals surface area (Å²) < 4.78 is 0. The van der Waals surface area contributed by atoms with Gasteiger partial charge in [-0.25, -0.2) is 0 Å². The fraction of sp³-hybridized carbons (Fsp3) is 0.857. The normalized spacial score (nSPS) is 21.9. The van der Waals surface area contributed by atoms with Crippen LogP contribution in [-0.4, -0.2) is 47.6 Å². The van der Waals surface area contributed by atoms with Gasteiger partial charge < -0.3 is 10.4 Å². The first-order chi connectivity index (χ1) is 9.01. The van der Waals surface area contributed by atoms with E-state index in [2.05, 4.69) is 10.2 Å². The first-order valence-corrected chi connectivity index (χ1v) is 7.24. The van der Waals surface area contributed by atoms with Gasteiger partial charge in [0.2, 0.25) is 5.91 Å². The molecule has 0 saturated carbocycles. The van der Waals surface area contributed by atoms with E-state index >= 15 is 0 Å². The minimum Gasteiger partial charge on any atom is -0.481 e. The second kappa shape index (κ2) is 8.15. The van der Waals surface area contributed by atoms with E-state index in [1.165, 1.54) is 0 Å². The molecule has 0 aliphatic carbocycles. The van der Waals surface area contributed by atoms with Crippen LogP contribution in [0.3, 0.4) is 0 Å². The molecule has 1 fully saturated rings. The van der Waals surface area contributed by atoms with Gasteiger partial charge in [0.15, 0.2) is 0 Å².